The Balaban J connectivity index is 1.46. The molecule has 1 aliphatic rings. The van der Waals surface area contributed by atoms with Gasteiger partial charge in [-0.2, -0.15) is 8.78 Å². The first-order valence-electron chi connectivity index (χ1n) is 10.4. The van der Waals surface area contributed by atoms with Crippen molar-refractivity contribution >= 4 is 32.7 Å². The van der Waals surface area contributed by atoms with Gasteiger partial charge in [-0.25, -0.2) is 17.7 Å². The number of sulfonamides is 1. The van der Waals surface area contributed by atoms with Crippen molar-refractivity contribution in [3.05, 3.63) is 48.5 Å². The molecule has 170 valence electrons. The highest BCUT2D eigenvalue weighted by Gasteiger charge is 2.30. The molecule has 0 atom stereocenters. The van der Waals surface area contributed by atoms with Gasteiger partial charge in [0.1, 0.15) is 5.82 Å². The number of benzene rings is 2. The Labute approximate surface area is 185 Å². The summed E-state index contributed by atoms with van der Waals surface area (Å²) in [4.78, 5) is 17.0. The number of para-hydroxylation sites is 2. The van der Waals surface area contributed by atoms with E-state index in [4.69, 9.17) is 0 Å². The van der Waals surface area contributed by atoms with Crippen LogP contribution in [0, 0.1) is 5.92 Å². The Kier molecular flexibility index (Phi) is 6.25. The minimum atomic E-state index is -3.24. The average molecular weight is 463 g/mol. The number of piperidine rings is 1. The van der Waals surface area contributed by atoms with Gasteiger partial charge < -0.3 is 5.32 Å². The molecule has 32 heavy (non-hydrogen) atoms. The summed E-state index contributed by atoms with van der Waals surface area (Å²) in [6, 6.07) is 13.3. The highest BCUT2D eigenvalue weighted by molar-refractivity contribution is 7.89. The van der Waals surface area contributed by atoms with Crippen molar-refractivity contribution in [2.75, 3.05) is 24.2 Å². The first kappa shape index (κ1) is 22.3. The summed E-state index contributed by atoms with van der Waals surface area (Å²) in [5.41, 5.74) is 1.89. The molecular formula is C22H24F2N4O3S. The number of carbonyl (C=O) groups is 1. The number of nitrogens with zero attached hydrogens (tertiary/aromatic N) is 3. The zero-order chi connectivity index (χ0) is 22.9. The van der Waals surface area contributed by atoms with Crippen LogP contribution in [0.2, 0.25) is 0 Å². The third kappa shape index (κ3) is 4.37. The molecule has 1 aliphatic heterocycles. The Morgan fingerprint density at radius 1 is 1.12 bits per heavy atom. The predicted octanol–water partition coefficient (Wildman–Crippen LogP) is 4.10. The number of anilines is 1. The molecule has 0 spiro atoms. The van der Waals surface area contributed by atoms with Crippen LogP contribution in [0.3, 0.4) is 0 Å². The average Bonchev–Trinajstić information content (AvgIpc) is 3.19. The van der Waals surface area contributed by atoms with E-state index >= 15 is 0 Å². The van der Waals surface area contributed by atoms with E-state index in [1.54, 1.807) is 55.5 Å². The number of fused-ring (bicyclic) bond motifs is 1. The molecule has 2 heterocycles. The van der Waals surface area contributed by atoms with Gasteiger partial charge in [0.15, 0.2) is 0 Å². The van der Waals surface area contributed by atoms with Crippen molar-refractivity contribution in [3.8, 4) is 11.4 Å². The fourth-order valence-electron chi connectivity index (χ4n) is 3.97. The van der Waals surface area contributed by atoms with Gasteiger partial charge in [-0.15, -0.1) is 0 Å². The lowest BCUT2D eigenvalue weighted by Gasteiger charge is -2.30. The van der Waals surface area contributed by atoms with Crippen molar-refractivity contribution in [1.82, 2.24) is 13.9 Å². The van der Waals surface area contributed by atoms with Gasteiger partial charge in [-0.1, -0.05) is 12.1 Å². The number of halogens is 2. The molecular weight excluding hydrogens is 438 g/mol. The van der Waals surface area contributed by atoms with Crippen molar-refractivity contribution < 1.29 is 22.0 Å². The van der Waals surface area contributed by atoms with E-state index in [0.29, 0.717) is 48.2 Å². The van der Waals surface area contributed by atoms with E-state index in [1.807, 2.05) is 0 Å². The van der Waals surface area contributed by atoms with Crippen LogP contribution in [-0.4, -0.2) is 47.0 Å². The molecule has 0 bridgehead atoms. The highest BCUT2D eigenvalue weighted by atomic mass is 32.2. The Bertz CT molecular complexity index is 1220. The van der Waals surface area contributed by atoms with Crippen LogP contribution in [0.1, 0.15) is 26.3 Å². The molecule has 0 unspecified atom stereocenters. The van der Waals surface area contributed by atoms with Crippen LogP contribution in [0.5, 0.6) is 0 Å². The molecule has 1 fully saturated rings. The van der Waals surface area contributed by atoms with E-state index in [9.17, 15) is 22.0 Å². The normalized spacial score (nSPS) is 16.0. The fourth-order valence-corrected chi connectivity index (χ4v) is 5.10. The summed E-state index contributed by atoms with van der Waals surface area (Å²) in [6.45, 7) is -0.471. The van der Waals surface area contributed by atoms with Crippen LogP contribution in [-0.2, 0) is 14.8 Å². The standard InChI is InChI=1S/C22H24F2N4O3S/c1-2-32(30,31)27-13-11-16(12-14-27)21(29)25-17-9-7-15(8-10-17)20-26-18-5-3-4-6-19(18)28(20)22(23)24/h3-10,16,22H,2,11-14H2,1H3,(H,25,29). The maximum Gasteiger partial charge on any atom is 0.320 e. The minimum absolute atomic E-state index is 0.0512. The molecule has 2 aromatic carbocycles. The van der Waals surface area contributed by atoms with Crippen LogP contribution in [0.15, 0.2) is 48.5 Å². The van der Waals surface area contributed by atoms with Crippen LogP contribution < -0.4 is 5.32 Å². The van der Waals surface area contributed by atoms with E-state index in [-0.39, 0.29) is 23.4 Å². The Hall–Kier alpha value is -2.85. The minimum Gasteiger partial charge on any atom is -0.326 e. The van der Waals surface area contributed by atoms with E-state index in [0.717, 1.165) is 4.57 Å². The first-order chi connectivity index (χ1) is 15.3. The number of imidazole rings is 1. The summed E-state index contributed by atoms with van der Waals surface area (Å²) < 4.78 is 53.6. The second-order valence-electron chi connectivity index (χ2n) is 7.71. The smallest absolute Gasteiger partial charge is 0.320 e. The molecule has 0 radical (unpaired) electrons. The number of amides is 1. The van der Waals surface area contributed by atoms with Crippen molar-refractivity contribution in [2.45, 2.75) is 26.3 Å². The fraction of sp³-hybridized carbons (Fsp3) is 0.364. The SMILES string of the molecule is CCS(=O)(=O)N1CCC(C(=O)Nc2ccc(-c3nc4ccccc4n3C(F)F)cc2)CC1. The van der Waals surface area contributed by atoms with Crippen LogP contribution in [0.4, 0.5) is 14.5 Å². The number of hydrogen-bond acceptors (Lipinski definition) is 4. The molecule has 7 nitrogen and oxygen atoms in total. The highest BCUT2D eigenvalue weighted by Crippen LogP contribution is 2.30. The Morgan fingerprint density at radius 3 is 2.41 bits per heavy atom. The predicted molar refractivity (Wildman–Crippen MR) is 119 cm³/mol. The molecule has 1 saturated heterocycles. The lowest BCUT2D eigenvalue weighted by atomic mass is 9.97. The summed E-state index contributed by atoms with van der Waals surface area (Å²) in [6.07, 6.45) is 0.920. The molecule has 4 rings (SSSR count). The van der Waals surface area contributed by atoms with Gasteiger partial charge in [-0.3, -0.25) is 9.36 Å². The molecule has 1 aromatic heterocycles. The Morgan fingerprint density at radius 2 is 1.78 bits per heavy atom. The molecule has 0 aliphatic carbocycles. The number of aromatic nitrogens is 2. The second-order valence-corrected chi connectivity index (χ2v) is 9.97. The zero-order valence-electron chi connectivity index (χ0n) is 17.5. The van der Waals surface area contributed by atoms with Gasteiger partial charge in [0.2, 0.25) is 15.9 Å². The largest absolute Gasteiger partial charge is 0.326 e. The van der Waals surface area contributed by atoms with Gasteiger partial charge >= 0.3 is 6.55 Å². The van der Waals surface area contributed by atoms with Crippen LogP contribution in [0.25, 0.3) is 22.4 Å². The van der Waals surface area contributed by atoms with E-state index in [2.05, 4.69) is 10.3 Å². The summed E-state index contributed by atoms with van der Waals surface area (Å²) in [5, 5.41) is 2.84. The summed E-state index contributed by atoms with van der Waals surface area (Å²) >= 11 is 0. The maximum atomic E-state index is 13.7. The first-order valence-corrected chi connectivity index (χ1v) is 12.1. The second kappa shape index (κ2) is 8.95. The summed E-state index contributed by atoms with van der Waals surface area (Å²) in [5.74, 6) is -0.244. The molecule has 1 amide bonds. The van der Waals surface area contributed by atoms with Gasteiger partial charge in [0.25, 0.3) is 0 Å². The van der Waals surface area contributed by atoms with Gasteiger partial charge in [-0.05, 0) is 56.2 Å². The molecule has 3 aromatic rings. The van der Waals surface area contributed by atoms with Crippen LogP contribution >= 0.6 is 0 Å². The zero-order valence-corrected chi connectivity index (χ0v) is 18.4. The molecule has 1 N–H and O–H groups in total. The lowest BCUT2D eigenvalue weighted by molar-refractivity contribution is -0.120. The number of rotatable bonds is 6. The topological polar surface area (TPSA) is 84.3 Å². The maximum absolute atomic E-state index is 13.7. The number of carbonyl (C=O) groups excluding carboxylic acids is 1. The lowest BCUT2D eigenvalue weighted by Crippen LogP contribution is -2.42. The molecule has 0 saturated carbocycles. The number of hydrogen-bond donors (Lipinski definition) is 1. The summed E-state index contributed by atoms with van der Waals surface area (Å²) in [7, 11) is -3.24. The quantitative estimate of drug-likeness (QED) is 0.598. The monoisotopic (exact) mass is 462 g/mol. The van der Waals surface area contributed by atoms with E-state index < -0.39 is 16.6 Å². The van der Waals surface area contributed by atoms with Crippen molar-refractivity contribution in [1.29, 1.82) is 0 Å². The van der Waals surface area contributed by atoms with Gasteiger partial charge in [0, 0.05) is 30.3 Å². The number of alkyl halides is 2. The van der Waals surface area contributed by atoms with Gasteiger partial charge in [0.05, 0.1) is 16.8 Å². The molecule has 10 heteroatoms. The van der Waals surface area contributed by atoms with Crippen molar-refractivity contribution in [2.24, 2.45) is 5.92 Å². The van der Waals surface area contributed by atoms with Crippen molar-refractivity contribution in [3.63, 3.8) is 0 Å². The number of nitrogens with one attached hydrogen (secondary N) is 1. The third-order valence-corrected chi connectivity index (χ3v) is 7.67. The third-order valence-electron chi connectivity index (χ3n) is 5.78. The van der Waals surface area contributed by atoms with E-state index in [1.165, 1.54) is 4.31 Å².